The van der Waals surface area contributed by atoms with Gasteiger partial charge >= 0.3 is 0 Å². The van der Waals surface area contributed by atoms with Gasteiger partial charge in [-0.1, -0.05) is 69.2 Å². The highest BCUT2D eigenvalue weighted by Crippen LogP contribution is 2.81. The molecule has 1 aromatic heterocycles. The summed E-state index contributed by atoms with van der Waals surface area (Å²) >= 11 is 0. The van der Waals surface area contributed by atoms with Gasteiger partial charge in [-0.3, -0.25) is 9.97 Å². The molecule has 2 aliphatic heterocycles. The van der Waals surface area contributed by atoms with Crippen molar-refractivity contribution in [1.82, 2.24) is 9.97 Å². The molecule has 6 nitrogen and oxygen atoms in total. The molecular weight excluding hydrogens is 669 g/mol. The maximum atomic E-state index is 6.59. The third-order valence-corrected chi connectivity index (χ3v) is 23.5. The average Bonchev–Trinajstić information content (AvgIpc) is 3.89. The fourth-order valence-electron chi connectivity index (χ4n) is 18.9. The molecule has 1 aromatic rings. The van der Waals surface area contributed by atoms with Gasteiger partial charge in [0.1, 0.15) is 0 Å². The van der Waals surface area contributed by atoms with E-state index in [0.717, 1.165) is 65.0 Å². The maximum absolute atomic E-state index is 6.59. The lowest BCUT2D eigenvalue weighted by Crippen LogP contribution is -2.68. The van der Waals surface area contributed by atoms with Crippen LogP contribution in [0.5, 0.6) is 0 Å². The Labute approximate surface area is 326 Å². The summed E-state index contributed by atoms with van der Waals surface area (Å²) in [5.74, 6) is 0.583. The molecule has 3 heterocycles. The first-order valence-electron chi connectivity index (χ1n) is 22.7. The van der Waals surface area contributed by atoms with E-state index in [0.29, 0.717) is 11.8 Å². The van der Waals surface area contributed by atoms with Crippen molar-refractivity contribution in [1.29, 1.82) is 0 Å². The fourth-order valence-corrected chi connectivity index (χ4v) is 18.9. The third-order valence-electron chi connectivity index (χ3n) is 23.5. The Kier molecular flexibility index (Phi) is 6.80. The second kappa shape index (κ2) is 10.2. The molecule has 298 valence electrons. The van der Waals surface area contributed by atoms with Crippen LogP contribution in [0.2, 0.25) is 0 Å². The monoisotopic (exact) mass is 741 g/mol. The van der Waals surface area contributed by atoms with E-state index in [1.54, 1.807) is 0 Å². The maximum Gasteiger partial charge on any atom is 0.174 e. The van der Waals surface area contributed by atoms with Gasteiger partial charge in [-0.25, -0.2) is 0 Å². The molecule has 2 unspecified atom stereocenters. The quantitative estimate of drug-likeness (QED) is 0.264. The van der Waals surface area contributed by atoms with Crippen molar-refractivity contribution >= 4 is 0 Å². The number of ether oxygens (including phenoxy) is 4. The largest absolute Gasteiger partial charge is 0.347 e. The lowest BCUT2D eigenvalue weighted by atomic mass is 9.32. The van der Waals surface area contributed by atoms with Crippen LogP contribution in [0.3, 0.4) is 0 Å². The van der Waals surface area contributed by atoms with Gasteiger partial charge in [0.25, 0.3) is 0 Å². The van der Waals surface area contributed by atoms with Gasteiger partial charge < -0.3 is 18.9 Å². The summed E-state index contributed by atoms with van der Waals surface area (Å²) in [6.07, 6.45) is 19.0. The van der Waals surface area contributed by atoms with Crippen molar-refractivity contribution < 1.29 is 18.9 Å². The molecule has 0 aromatic carbocycles. The summed E-state index contributed by atoms with van der Waals surface area (Å²) in [6, 6.07) is 0. The smallest absolute Gasteiger partial charge is 0.174 e. The van der Waals surface area contributed by atoms with Crippen molar-refractivity contribution in [2.24, 2.45) is 66.0 Å². The Hall–Kier alpha value is -1.08. The van der Waals surface area contributed by atoms with Gasteiger partial charge in [0.15, 0.2) is 11.6 Å². The molecular formula is C48H72N2O4. The number of nitrogens with zero attached hydrogens (tertiary/aromatic N) is 2. The lowest BCUT2D eigenvalue weighted by Gasteiger charge is -2.72. The number of aromatic nitrogens is 2. The van der Waals surface area contributed by atoms with Crippen LogP contribution in [0.1, 0.15) is 169 Å². The van der Waals surface area contributed by atoms with Gasteiger partial charge in [0, 0.05) is 23.7 Å². The van der Waals surface area contributed by atoms with Crippen molar-refractivity contribution in [3.05, 3.63) is 22.8 Å². The van der Waals surface area contributed by atoms with E-state index in [2.05, 4.69) is 69.2 Å². The molecule has 54 heavy (non-hydrogen) atoms. The van der Waals surface area contributed by atoms with Gasteiger partial charge in [-0.05, 0) is 145 Å². The third kappa shape index (κ3) is 3.56. The lowest BCUT2D eigenvalue weighted by molar-refractivity contribution is -0.290. The van der Waals surface area contributed by atoms with E-state index in [1.165, 1.54) is 87.0 Å². The Morgan fingerprint density at radius 1 is 0.370 bits per heavy atom. The Balaban J connectivity index is 0.936. The zero-order chi connectivity index (χ0) is 37.8. The van der Waals surface area contributed by atoms with Crippen molar-refractivity contribution in [2.45, 2.75) is 184 Å². The van der Waals surface area contributed by atoms with E-state index in [1.807, 2.05) is 0 Å². The van der Waals surface area contributed by atoms with Crippen LogP contribution in [0, 0.1) is 66.0 Å². The molecule has 8 aliphatic carbocycles. The summed E-state index contributed by atoms with van der Waals surface area (Å²) in [5.41, 5.74) is 7.21. The highest BCUT2D eigenvalue weighted by atomic mass is 16.7. The first-order chi connectivity index (χ1) is 25.3. The van der Waals surface area contributed by atoms with Crippen LogP contribution < -0.4 is 0 Å². The van der Waals surface area contributed by atoms with Gasteiger partial charge in [0.05, 0.1) is 49.2 Å². The molecule has 0 radical (unpaired) electrons. The van der Waals surface area contributed by atoms with E-state index >= 15 is 0 Å². The normalized spacial score (nSPS) is 56.0. The first-order valence-corrected chi connectivity index (χ1v) is 22.7. The molecule has 11 rings (SSSR count). The Bertz CT molecular complexity index is 1690. The standard InChI is InChI=1S/C48H72N2O4/c1-37-13-11-35-39(3)17-21-47(51-23-24-52-47)43(39,7)19-15-41(35,5)45(37,9)29-33-31(27-37)49-34-30-46(10)38(2,28-32(34)50-33)14-12-36-40(4)18-22-48(53-25-26-54-48)44(40,8)20-16-42(36,46)6/h35-36H,11-30H2,1-10H3/t35?,36?,37-,38-,39-,40-,41-,42-,43-,44-,45-,46-/m0/s1. The Morgan fingerprint density at radius 2 is 0.685 bits per heavy atom. The van der Waals surface area contributed by atoms with Crippen LogP contribution in [-0.2, 0) is 44.6 Å². The van der Waals surface area contributed by atoms with E-state index in [9.17, 15) is 0 Å². The minimum atomic E-state index is -0.373. The highest BCUT2D eigenvalue weighted by Gasteiger charge is 2.78. The van der Waals surface area contributed by atoms with Crippen molar-refractivity contribution in [3.63, 3.8) is 0 Å². The molecule has 0 N–H and O–H groups in total. The summed E-state index contributed by atoms with van der Waals surface area (Å²) in [4.78, 5) is 11.7. The number of fused-ring (bicyclic) bond motifs is 14. The predicted molar refractivity (Wildman–Crippen MR) is 210 cm³/mol. The predicted octanol–water partition coefficient (Wildman–Crippen LogP) is 10.2. The van der Waals surface area contributed by atoms with E-state index < -0.39 is 0 Å². The zero-order valence-corrected chi connectivity index (χ0v) is 35.8. The summed E-state index contributed by atoms with van der Waals surface area (Å²) in [6.45, 7) is 29.6. The number of hydrogen-bond donors (Lipinski definition) is 0. The van der Waals surface area contributed by atoms with Crippen LogP contribution in [0.15, 0.2) is 0 Å². The number of rotatable bonds is 0. The second-order valence-electron chi connectivity index (χ2n) is 23.9. The van der Waals surface area contributed by atoms with E-state index in [-0.39, 0.29) is 65.7 Å². The first kappa shape index (κ1) is 36.0. The van der Waals surface area contributed by atoms with Crippen molar-refractivity contribution in [3.8, 4) is 0 Å². The van der Waals surface area contributed by atoms with Crippen LogP contribution in [0.25, 0.3) is 0 Å². The van der Waals surface area contributed by atoms with Gasteiger partial charge in [-0.2, -0.15) is 0 Å². The van der Waals surface area contributed by atoms with Crippen molar-refractivity contribution in [2.75, 3.05) is 26.4 Å². The van der Waals surface area contributed by atoms with Gasteiger partial charge in [0.2, 0.25) is 0 Å². The molecule has 6 heteroatoms. The fraction of sp³-hybridized carbons (Fsp3) is 0.917. The average molecular weight is 741 g/mol. The Morgan fingerprint density at radius 3 is 1.06 bits per heavy atom. The summed E-state index contributed by atoms with van der Waals surface area (Å²) in [5, 5.41) is 0. The molecule has 0 bridgehead atoms. The minimum Gasteiger partial charge on any atom is -0.347 e. The molecule has 2 saturated heterocycles. The molecule has 10 aliphatic rings. The number of hydrogen-bond acceptors (Lipinski definition) is 6. The topological polar surface area (TPSA) is 62.7 Å². The van der Waals surface area contributed by atoms with Gasteiger partial charge in [-0.15, -0.1) is 0 Å². The SMILES string of the molecule is C[C@@]12CCC3[C@](C)(CC[C@]4(C)C5(CC[C@@]34C)OCCO5)[C@@]1(C)Cc1nc3c(nc1C2)C[C@@]1(C)[C@@](C)(CCC2[C@]1(C)CC[C@]1(C)C4(CC[C@@]21C)OCCO4)C3. The second-order valence-corrected chi connectivity index (χ2v) is 23.9. The molecule has 6 saturated carbocycles. The van der Waals surface area contributed by atoms with Crippen LogP contribution >= 0.6 is 0 Å². The summed E-state index contributed by atoms with van der Waals surface area (Å²) < 4.78 is 26.4. The minimum absolute atomic E-state index is 0.0690. The molecule has 12 atom stereocenters. The molecule has 0 amide bonds. The van der Waals surface area contributed by atoms with Crippen LogP contribution in [0.4, 0.5) is 0 Å². The summed E-state index contributed by atoms with van der Waals surface area (Å²) in [7, 11) is 0. The highest BCUT2D eigenvalue weighted by molar-refractivity contribution is 5.36. The van der Waals surface area contributed by atoms with E-state index in [4.69, 9.17) is 28.9 Å². The molecule has 8 fully saturated rings. The molecule has 2 spiro atoms. The van der Waals surface area contributed by atoms with Crippen LogP contribution in [-0.4, -0.2) is 48.0 Å². The zero-order valence-electron chi connectivity index (χ0n) is 35.8.